The molecule has 3 N–H and O–H groups in total. The molecule has 2 saturated carbocycles. The summed E-state index contributed by atoms with van der Waals surface area (Å²) in [6.45, 7) is 3.07. The minimum absolute atomic E-state index is 0.268. The third-order valence-corrected chi connectivity index (χ3v) is 6.04. The highest BCUT2D eigenvalue weighted by atomic mass is 35.5. The Morgan fingerprint density at radius 2 is 1.96 bits per heavy atom. The van der Waals surface area contributed by atoms with Gasteiger partial charge in [-0.05, 0) is 75.9 Å². The summed E-state index contributed by atoms with van der Waals surface area (Å²) in [5, 5.41) is 23.2. The molecule has 1 aromatic rings. The van der Waals surface area contributed by atoms with Gasteiger partial charge in [-0.1, -0.05) is 23.7 Å². The normalized spacial score (nSPS) is 28.2. The number of likely N-dealkylation sites (tertiary alicyclic amines) is 1. The number of hydrogen-bond acceptors (Lipinski definition) is 4. The number of carbonyl (C=O) groups is 1. The summed E-state index contributed by atoms with van der Waals surface area (Å²) in [6, 6.07) is 6.53. The molecular formula is C20H29ClN2O3. The number of aliphatic hydroxyl groups is 1. The van der Waals surface area contributed by atoms with Crippen molar-refractivity contribution < 1.29 is 15.0 Å². The van der Waals surface area contributed by atoms with E-state index in [-0.39, 0.29) is 12.8 Å². The minimum atomic E-state index is -1.03. The molecule has 0 radical (unpaired) electrons. The second-order valence-electron chi connectivity index (χ2n) is 7.83. The molecule has 1 aromatic carbocycles. The van der Waals surface area contributed by atoms with E-state index in [4.69, 9.17) is 16.7 Å². The first-order valence-corrected chi connectivity index (χ1v) is 9.93. The van der Waals surface area contributed by atoms with Crippen LogP contribution in [0.4, 0.5) is 0 Å². The Morgan fingerprint density at radius 1 is 1.31 bits per heavy atom. The van der Waals surface area contributed by atoms with Gasteiger partial charge >= 0.3 is 5.97 Å². The summed E-state index contributed by atoms with van der Waals surface area (Å²) in [5.41, 5.74) is 0.772. The number of carboxylic acids is 1. The van der Waals surface area contributed by atoms with Crippen LogP contribution in [-0.2, 0) is 16.9 Å². The van der Waals surface area contributed by atoms with Gasteiger partial charge in [-0.2, -0.15) is 0 Å². The van der Waals surface area contributed by atoms with Crippen molar-refractivity contribution in [1.29, 1.82) is 0 Å². The summed E-state index contributed by atoms with van der Waals surface area (Å²) in [5.74, 6) is -1.28. The SMILES string of the molecule is CNC1CC1.O=C(O)C1CC(O)(c2ccc(CN3CCCC3)c(Cl)c2)C1. The first-order chi connectivity index (χ1) is 12.4. The molecule has 6 heteroatoms. The molecule has 0 bridgehead atoms. The van der Waals surface area contributed by atoms with Crippen LogP contribution in [0, 0.1) is 5.92 Å². The molecule has 3 fully saturated rings. The predicted molar refractivity (Wildman–Crippen MR) is 102 cm³/mol. The summed E-state index contributed by atoms with van der Waals surface area (Å²) < 4.78 is 0. The fourth-order valence-corrected chi connectivity index (χ4v) is 3.92. The zero-order chi connectivity index (χ0) is 18.7. The standard InChI is InChI=1S/C16H20ClNO3.C4H9N/c17-14-7-13(16(21)8-12(9-16)15(19)20)4-3-11(14)10-18-5-1-2-6-18;1-5-4-2-3-4/h3-4,7,12,21H,1-2,5-6,8-10H2,(H,19,20);4-5H,2-3H2,1H3. The molecule has 0 amide bonds. The Hall–Kier alpha value is -1.14. The predicted octanol–water partition coefficient (Wildman–Crippen LogP) is 2.99. The maximum atomic E-state index is 10.9. The van der Waals surface area contributed by atoms with Gasteiger partial charge in [0.25, 0.3) is 0 Å². The second kappa shape index (κ2) is 8.26. The number of carboxylic acid groups (broad SMARTS) is 1. The van der Waals surface area contributed by atoms with E-state index >= 15 is 0 Å². The third-order valence-electron chi connectivity index (χ3n) is 5.69. The fourth-order valence-electron chi connectivity index (χ4n) is 3.68. The van der Waals surface area contributed by atoms with Crippen molar-refractivity contribution in [3.05, 3.63) is 34.3 Å². The van der Waals surface area contributed by atoms with Gasteiger partial charge in [0.1, 0.15) is 0 Å². The number of nitrogens with one attached hydrogen (secondary N) is 1. The highest BCUT2D eigenvalue weighted by Crippen LogP contribution is 2.46. The fraction of sp³-hybridized carbons (Fsp3) is 0.650. The van der Waals surface area contributed by atoms with Crippen LogP contribution in [0.3, 0.4) is 0 Å². The number of benzene rings is 1. The van der Waals surface area contributed by atoms with Gasteiger partial charge in [-0.3, -0.25) is 9.69 Å². The first-order valence-electron chi connectivity index (χ1n) is 9.55. The van der Waals surface area contributed by atoms with Gasteiger partial charge in [-0.15, -0.1) is 0 Å². The molecular weight excluding hydrogens is 352 g/mol. The van der Waals surface area contributed by atoms with E-state index in [9.17, 15) is 9.90 Å². The molecule has 0 unspecified atom stereocenters. The zero-order valence-electron chi connectivity index (χ0n) is 15.4. The minimum Gasteiger partial charge on any atom is -0.481 e. The maximum Gasteiger partial charge on any atom is 0.306 e. The topological polar surface area (TPSA) is 72.8 Å². The first kappa shape index (κ1) is 19.6. The van der Waals surface area contributed by atoms with Crippen LogP contribution in [0.15, 0.2) is 18.2 Å². The van der Waals surface area contributed by atoms with E-state index in [2.05, 4.69) is 10.2 Å². The highest BCUT2D eigenvalue weighted by molar-refractivity contribution is 6.31. The zero-order valence-corrected chi connectivity index (χ0v) is 16.1. The van der Waals surface area contributed by atoms with Gasteiger partial charge in [0, 0.05) is 17.6 Å². The van der Waals surface area contributed by atoms with E-state index in [0.717, 1.165) is 36.8 Å². The van der Waals surface area contributed by atoms with Crippen LogP contribution in [0.2, 0.25) is 5.02 Å². The van der Waals surface area contributed by atoms with Crippen molar-refractivity contribution in [2.24, 2.45) is 5.92 Å². The van der Waals surface area contributed by atoms with Crippen molar-refractivity contribution in [2.45, 2.75) is 56.7 Å². The van der Waals surface area contributed by atoms with Crippen molar-refractivity contribution in [1.82, 2.24) is 10.2 Å². The lowest BCUT2D eigenvalue weighted by Crippen LogP contribution is -2.44. The van der Waals surface area contributed by atoms with E-state index in [1.54, 1.807) is 6.07 Å². The molecule has 144 valence electrons. The lowest BCUT2D eigenvalue weighted by molar-refractivity contribution is -0.159. The van der Waals surface area contributed by atoms with E-state index in [1.165, 1.54) is 25.7 Å². The molecule has 1 saturated heterocycles. The van der Waals surface area contributed by atoms with Gasteiger partial charge in [0.2, 0.25) is 0 Å². The van der Waals surface area contributed by atoms with E-state index < -0.39 is 17.5 Å². The molecule has 26 heavy (non-hydrogen) atoms. The van der Waals surface area contributed by atoms with Gasteiger partial charge in [0.05, 0.1) is 11.5 Å². The molecule has 0 atom stereocenters. The molecule has 1 aliphatic heterocycles. The van der Waals surface area contributed by atoms with Crippen molar-refractivity contribution in [2.75, 3.05) is 20.1 Å². The lowest BCUT2D eigenvalue weighted by atomic mass is 9.67. The Balaban J connectivity index is 0.000000339. The van der Waals surface area contributed by atoms with Crippen LogP contribution in [0.5, 0.6) is 0 Å². The van der Waals surface area contributed by atoms with Gasteiger partial charge < -0.3 is 15.5 Å². The molecule has 1 heterocycles. The van der Waals surface area contributed by atoms with Crippen molar-refractivity contribution in [3.63, 3.8) is 0 Å². The van der Waals surface area contributed by atoms with Crippen LogP contribution in [0.25, 0.3) is 0 Å². The largest absolute Gasteiger partial charge is 0.481 e. The van der Waals surface area contributed by atoms with Crippen molar-refractivity contribution >= 4 is 17.6 Å². The average molecular weight is 381 g/mol. The van der Waals surface area contributed by atoms with Crippen LogP contribution in [-0.4, -0.2) is 47.3 Å². The average Bonchev–Trinajstić information content (AvgIpc) is 3.30. The van der Waals surface area contributed by atoms with E-state index in [1.807, 2.05) is 19.2 Å². The summed E-state index contributed by atoms with van der Waals surface area (Å²) in [7, 11) is 2.01. The number of hydrogen-bond donors (Lipinski definition) is 3. The number of nitrogens with zero attached hydrogens (tertiary/aromatic N) is 1. The Morgan fingerprint density at radius 3 is 2.42 bits per heavy atom. The van der Waals surface area contributed by atoms with Crippen LogP contribution < -0.4 is 5.32 Å². The Bertz CT molecular complexity index is 636. The summed E-state index contributed by atoms with van der Waals surface area (Å²) in [4.78, 5) is 13.2. The Labute approximate surface area is 160 Å². The maximum absolute atomic E-state index is 10.9. The lowest BCUT2D eigenvalue weighted by Gasteiger charge is -2.42. The highest BCUT2D eigenvalue weighted by Gasteiger charge is 2.47. The molecule has 2 aliphatic carbocycles. The quantitative estimate of drug-likeness (QED) is 0.732. The summed E-state index contributed by atoms with van der Waals surface area (Å²) in [6.07, 6.45) is 5.82. The number of rotatable bonds is 5. The molecule has 5 nitrogen and oxygen atoms in total. The van der Waals surface area contributed by atoms with Crippen LogP contribution in [0.1, 0.15) is 49.7 Å². The molecule has 3 aliphatic rings. The van der Waals surface area contributed by atoms with Gasteiger partial charge in [-0.25, -0.2) is 0 Å². The second-order valence-corrected chi connectivity index (χ2v) is 8.23. The smallest absolute Gasteiger partial charge is 0.306 e. The Kier molecular flexibility index (Phi) is 6.23. The van der Waals surface area contributed by atoms with Crippen molar-refractivity contribution in [3.8, 4) is 0 Å². The van der Waals surface area contributed by atoms with Crippen LogP contribution >= 0.6 is 11.6 Å². The molecule has 0 spiro atoms. The monoisotopic (exact) mass is 380 g/mol. The van der Waals surface area contributed by atoms with Gasteiger partial charge in [0.15, 0.2) is 0 Å². The number of halogens is 1. The third kappa shape index (κ3) is 4.77. The molecule has 4 rings (SSSR count). The molecule has 0 aromatic heterocycles. The summed E-state index contributed by atoms with van der Waals surface area (Å²) >= 11 is 6.34. The number of aliphatic carboxylic acids is 1. The van der Waals surface area contributed by atoms with E-state index in [0.29, 0.717) is 5.02 Å².